The first-order valence-electron chi connectivity index (χ1n) is 6.52. The van der Waals surface area contributed by atoms with Gasteiger partial charge in [0.2, 0.25) is 0 Å². The van der Waals surface area contributed by atoms with Crippen molar-refractivity contribution < 1.29 is 14.7 Å². The molecule has 0 amide bonds. The van der Waals surface area contributed by atoms with Gasteiger partial charge in [-0.2, -0.15) is 0 Å². The van der Waals surface area contributed by atoms with Crippen molar-refractivity contribution in [3.05, 3.63) is 34.9 Å². The first kappa shape index (κ1) is 14.1. The van der Waals surface area contributed by atoms with Crippen LogP contribution in [0, 0.1) is 11.3 Å². The highest BCUT2D eigenvalue weighted by molar-refractivity contribution is 6.30. The number of aliphatic carboxylic acids is 1. The molecule has 2 atom stereocenters. The molecule has 0 spiro atoms. The molecule has 0 saturated heterocycles. The summed E-state index contributed by atoms with van der Waals surface area (Å²) in [4.78, 5) is 24.0. The molecule has 2 unspecified atom stereocenters. The summed E-state index contributed by atoms with van der Waals surface area (Å²) in [6, 6.07) is 7.03. The van der Waals surface area contributed by atoms with E-state index in [0.717, 1.165) is 5.56 Å². The number of carbonyl (C=O) groups excluding carboxylic acids is 1. The number of carboxylic acids is 1. The van der Waals surface area contributed by atoms with Gasteiger partial charge in [0.15, 0.2) is 5.78 Å². The molecule has 0 radical (unpaired) electrons. The van der Waals surface area contributed by atoms with Crippen LogP contribution >= 0.6 is 11.6 Å². The number of ketones is 1. The van der Waals surface area contributed by atoms with Crippen molar-refractivity contribution in [1.82, 2.24) is 0 Å². The van der Waals surface area contributed by atoms with Gasteiger partial charge in [-0.1, -0.05) is 30.7 Å². The van der Waals surface area contributed by atoms with Gasteiger partial charge in [0.1, 0.15) is 5.41 Å². The summed E-state index contributed by atoms with van der Waals surface area (Å²) in [6.07, 6.45) is 2.08. The van der Waals surface area contributed by atoms with Crippen LogP contribution in [0.1, 0.15) is 31.7 Å². The van der Waals surface area contributed by atoms with E-state index in [0.29, 0.717) is 24.3 Å². The van der Waals surface area contributed by atoms with Crippen molar-refractivity contribution in [2.45, 2.75) is 32.6 Å². The molecular formula is C15H17ClO3. The molecule has 1 N–H and O–H groups in total. The molecule has 0 heterocycles. The molecule has 0 bridgehead atoms. The van der Waals surface area contributed by atoms with Crippen molar-refractivity contribution in [2.75, 3.05) is 0 Å². The van der Waals surface area contributed by atoms with Gasteiger partial charge in [-0.25, -0.2) is 0 Å². The molecule has 19 heavy (non-hydrogen) atoms. The molecule has 1 fully saturated rings. The minimum Gasteiger partial charge on any atom is -0.480 e. The lowest BCUT2D eigenvalue weighted by Crippen LogP contribution is -2.39. The molecule has 1 aromatic rings. The number of hydrogen-bond donors (Lipinski definition) is 1. The van der Waals surface area contributed by atoms with Gasteiger partial charge in [-0.05, 0) is 43.4 Å². The van der Waals surface area contributed by atoms with Crippen LogP contribution in [-0.4, -0.2) is 16.9 Å². The van der Waals surface area contributed by atoms with Crippen LogP contribution in [0.5, 0.6) is 0 Å². The highest BCUT2D eigenvalue weighted by Gasteiger charge is 2.52. The van der Waals surface area contributed by atoms with E-state index in [9.17, 15) is 14.7 Å². The third-order valence-electron chi connectivity index (χ3n) is 4.08. The van der Waals surface area contributed by atoms with Crippen LogP contribution in [0.2, 0.25) is 5.02 Å². The number of rotatable bonds is 4. The standard InChI is InChI=1S/C15H17ClO3/c1-2-11-7-8-15(13(11)17,14(18)19)9-10-3-5-12(16)6-4-10/h3-6,11H,2,7-9H2,1H3,(H,18,19). The fourth-order valence-corrected chi connectivity index (χ4v) is 3.00. The van der Waals surface area contributed by atoms with Crippen LogP contribution in [0.15, 0.2) is 24.3 Å². The van der Waals surface area contributed by atoms with Gasteiger partial charge < -0.3 is 5.11 Å². The van der Waals surface area contributed by atoms with E-state index >= 15 is 0 Å². The van der Waals surface area contributed by atoms with Gasteiger partial charge in [0, 0.05) is 10.9 Å². The van der Waals surface area contributed by atoms with Gasteiger partial charge in [-0.15, -0.1) is 0 Å². The molecule has 102 valence electrons. The Morgan fingerprint density at radius 1 is 1.42 bits per heavy atom. The zero-order valence-electron chi connectivity index (χ0n) is 10.9. The Morgan fingerprint density at radius 3 is 2.53 bits per heavy atom. The van der Waals surface area contributed by atoms with Crippen molar-refractivity contribution >= 4 is 23.4 Å². The molecule has 1 aliphatic carbocycles. The van der Waals surface area contributed by atoms with Crippen molar-refractivity contribution in [3.8, 4) is 0 Å². The number of Topliss-reactive ketones (excluding diaryl/α,β-unsaturated/α-hetero) is 1. The Balaban J connectivity index is 2.29. The lowest BCUT2D eigenvalue weighted by molar-refractivity contribution is -0.154. The van der Waals surface area contributed by atoms with E-state index in [4.69, 9.17) is 11.6 Å². The van der Waals surface area contributed by atoms with E-state index in [2.05, 4.69) is 0 Å². The van der Waals surface area contributed by atoms with E-state index in [1.165, 1.54) is 0 Å². The van der Waals surface area contributed by atoms with Crippen LogP contribution in [0.25, 0.3) is 0 Å². The molecule has 2 rings (SSSR count). The summed E-state index contributed by atoms with van der Waals surface area (Å²) >= 11 is 5.82. The largest absolute Gasteiger partial charge is 0.480 e. The second-order valence-corrected chi connectivity index (χ2v) is 5.64. The molecule has 1 aliphatic rings. The average molecular weight is 281 g/mol. The predicted molar refractivity (Wildman–Crippen MR) is 73.2 cm³/mol. The predicted octanol–water partition coefficient (Wildman–Crippen LogP) is 3.34. The Hall–Kier alpha value is -1.35. The second-order valence-electron chi connectivity index (χ2n) is 5.20. The number of carbonyl (C=O) groups is 2. The molecule has 0 aliphatic heterocycles. The smallest absolute Gasteiger partial charge is 0.317 e. The van der Waals surface area contributed by atoms with E-state index in [1.54, 1.807) is 24.3 Å². The normalized spacial score (nSPS) is 26.6. The van der Waals surface area contributed by atoms with Crippen molar-refractivity contribution in [2.24, 2.45) is 11.3 Å². The van der Waals surface area contributed by atoms with Crippen LogP contribution in [0.3, 0.4) is 0 Å². The first-order chi connectivity index (χ1) is 8.99. The Kier molecular flexibility index (Phi) is 3.95. The quantitative estimate of drug-likeness (QED) is 0.861. The fraction of sp³-hybridized carbons (Fsp3) is 0.467. The lowest BCUT2D eigenvalue weighted by Gasteiger charge is -2.23. The summed E-state index contributed by atoms with van der Waals surface area (Å²) in [5.74, 6) is -1.22. The van der Waals surface area contributed by atoms with Crippen molar-refractivity contribution in [3.63, 3.8) is 0 Å². The van der Waals surface area contributed by atoms with E-state index in [-0.39, 0.29) is 18.1 Å². The molecule has 4 heteroatoms. The number of halogens is 1. The highest BCUT2D eigenvalue weighted by atomic mass is 35.5. The SMILES string of the molecule is CCC1CCC(Cc2ccc(Cl)cc2)(C(=O)O)C1=O. The van der Waals surface area contributed by atoms with Gasteiger partial charge in [-0.3, -0.25) is 9.59 Å². The monoisotopic (exact) mass is 280 g/mol. The number of hydrogen-bond acceptors (Lipinski definition) is 2. The minimum atomic E-state index is -1.24. The van der Waals surface area contributed by atoms with Crippen LogP contribution < -0.4 is 0 Å². The molecule has 1 aromatic carbocycles. The Bertz CT molecular complexity index is 495. The van der Waals surface area contributed by atoms with E-state index < -0.39 is 11.4 Å². The van der Waals surface area contributed by atoms with Gasteiger partial charge >= 0.3 is 5.97 Å². The Labute approximate surface area is 117 Å². The summed E-state index contributed by atoms with van der Waals surface area (Å²) in [5.41, 5.74) is -0.397. The summed E-state index contributed by atoms with van der Waals surface area (Å²) in [7, 11) is 0. The summed E-state index contributed by atoms with van der Waals surface area (Å²) < 4.78 is 0. The molecule has 0 aromatic heterocycles. The van der Waals surface area contributed by atoms with Crippen LogP contribution in [-0.2, 0) is 16.0 Å². The maximum absolute atomic E-state index is 12.4. The van der Waals surface area contributed by atoms with Crippen molar-refractivity contribution in [1.29, 1.82) is 0 Å². The number of carboxylic acid groups (broad SMARTS) is 1. The third kappa shape index (κ3) is 2.52. The van der Waals surface area contributed by atoms with E-state index in [1.807, 2.05) is 6.92 Å². The second kappa shape index (κ2) is 5.33. The molecular weight excluding hydrogens is 264 g/mol. The maximum atomic E-state index is 12.4. The minimum absolute atomic E-state index is 0.108. The van der Waals surface area contributed by atoms with Crippen LogP contribution in [0.4, 0.5) is 0 Å². The van der Waals surface area contributed by atoms with Gasteiger partial charge in [0.25, 0.3) is 0 Å². The molecule has 3 nitrogen and oxygen atoms in total. The maximum Gasteiger partial charge on any atom is 0.317 e. The fourth-order valence-electron chi connectivity index (χ4n) is 2.87. The summed E-state index contributed by atoms with van der Waals surface area (Å²) in [6.45, 7) is 1.93. The zero-order chi connectivity index (χ0) is 14.0. The lowest BCUT2D eigenvalue weighted by atomic mass is 9.78. The molecule has 1 saturated carbocycles. The zero-order valence-corrected chi connectivity index (χ0v) is 11.6. The number of benzene rings is 1. The third-order valence-corrected chi connectivity index (χ3v) is 4.34. The first-order valence-corrected chi connectivity index (χ1v) is 6.89. The highest BCUT2D eigenvalue weighted by Crippen LogP contribution is 2.42. The average Bonchev–Trinajstić information content (AvgIpc) is 2.70. The Morgan fingerprint density at radius 2 is 2.05 bits per heavy atom. The van der Waals surface area contributed by atoms with Gasteiger partial charge in [0.05, 0.1) is 0 Å². The topological polar surface area (TPSA) is 54.4 Å². The summed E-state index contributed by atoms with van der Waals surface area (Å²) in [5, 5.41) is 10.1.